The number of nitrogens with zero attached hydrogens (tertiary/aromatic N) is 2. The second-order valence-corrected chi connectivity index (χ2v) is 5.48. The van der Waals surface area contributed by atoms with Gasteiger partial charge in [-0.25, -0.2) is 0 Å². The Labute approximate surface area is 121 Å². The van der Waals surface area contributed by atoms with E-state index in [1.807, 2.05) is 0 Å². The van der Waals surface area contributed by atoms with Crippen LogP contribution in [-0.2, 0) is 0 Å². The van der Waals surface area contributed by atoms with Gasteiger partial charge in [-0.05, 0) is 25.1 Å². The van der Waals surface area contributed by atoms with Gasteiger partial charge in [0.15, 0.2) is 5.72 Å². The molecule has 0 aliphatic carbocycles. The fourth-order valence-electron chi connectivity index (χ4n) is 1.82. The third-order valence-electron chi connectivity index (χ3n) is 2.77. The number of alkyl halides is 3. The third-order valence-corrected chi connectivity index (χ3v) is 3.26. The molecule has 1 aliphatic rings. The molecule has 1 aliphatic heterocycles. The SMILES string of the molecule is C[C@]1(O)CC(C(F)(F)F)=NN1C(=O)c1cccc(Br)c1. The van der Waals surface area contributed by atoms with E-state index in [1.54, 1.807) is 12.1 Å². The molecule has 20 heavy (non-hydrogen) atoms. The van der Waals surface area contributed by atoms with Gasteiger partial charge < -0.3 is 5.11 Å². The molecule has 0 fully saturated rings. The highest BCUT2D eigenvalue weighted by atomic mass is 79.9. The molecule has 1 amide bonds. The van der Waals surface area contributed by atoms with Crippen LogP contribution in [0, 0.1) is 0 Å². The summed E-state index contributed by atoms with van der Waals surface area (Å²) in [5.41, 5.74) is -3.04. The van der Waals surface area contributed by atoms with Crippen molar-refractivity contribution in [2.24, 2.45) is 5.10 Å². The molecular formula is C12H10BrF3N2O2. The van der Waals surface area contributed by atoms with Crippen LogP contribution in [0.4, 0.5) is 13.2 Å². The van der Waals surface area contributed by atoms with Crippen molar-refractivity contribution in [2.45, 2.75) is 25.2 Å². The number of rotatable bonds is 1. The molecular weight excluding hydrogens is 341 g/mol. The standard InChI is InChI=1S/C12H10BrF3N2O2/c1-11(20)6-9(12(14,15)16)17-18(11)10(19)7-3-2-4-8(13)5-7/h2-5,20H,6H2,1H3/t11-/m0/s1. The van der Waals surface area contributed by atoms with Crippen molar-refractivity contribution in [2.75, 3.05) is 0 Å². The zero-order chi connectivity index (χ0) is 15.1. The first-order valence-corrected chi connectivity index (χ1v) is 6.38. The van der Waals surface area contributed by atoms with Crippen LogP contribution >= 0.6 is 15.9 Å². The van der Waals surface area contributed by atoms with E-state index in [0.717, 1.165) is 6.92 Å². The van der Waals surface area contributed by atoms with E-state index in [1.165, 1.54) is 12.1 Å². The van der Waals surface area contributed by atoms with Crippen molar-refractivity contribution >= 4 is 27.5 Å². The quantitative estimate of drug-likeness (QED) is 0.846. The van der Waals surface area contributed by atoms with Crippen LogP contribution in [-0.4, -0.2) is 33.6 Å². The second kappa shape index (κ2) is 4.85. The second-order valence-electron chi connectivity index (χ2n) is 4.57. The van der Waals surface area contributed by atoms with Crippen molar-refractivity contribution in [3.05, 3.63) is 34.3 Å². The Kier molecular flexibility index (Phi) is 3.64. The van der Waals surface area contributed by atoms with Gasteiger partial charge in [0, 0.05) is 16.5 Å². The van der Waals surface area contributed by atoms with Crippen LogP contribution in [0.2, 0.25) is 0 Å². The summed E-state index contributed by atoms with van der Waals surface area (Å²) < 4.78 is 38.5. The normalized spacial score (nSPS) is 22.9. The Morgan fingerprint density at radius 3 is 2.65 bits per heavy atom. The van der Waals surface area contributed by atoms with E-state index < -0.39 is 29.9 Å². The van der Waals surface area contributed by atoms with Crippen LogP contribution < -0.4 is 0 Å². The molecule has 0 aromatic heterocycles. The number of benzene rings is 1. The zero-order valence-electron chi connectivity index (χ0n) is 10.3. The molecule has 0 saturated heterocycles. The molecule has 1 atom stereocenters. The molecule has 0 unspecified atom stereocenters. The number of hydrogen-bond donors (Lipinski definition) is 1. The van der Waals surface area contributed by atoms with E-state index >= 15 is 0 Å². The zero-order valence-corrected chi connectivity index (χ0v) is 11.9. The molecule has 1 heterocycles. The van der Waals surface area contributed by atoms with Crippen LogP contribution in [0.5, 0.6) is 0 Å². The number of amides is 1. The molecule has 0 saturated carbocycles. The first kappa shape index (κ1) is 15.0. The van der Waals surface area contributed by atoms with Gasteiger partial charge in [-0.2, -0.15) is 23.3 Å². The summed E-state index contributed by atoms with van der Waals surface area (Å²) in [7, 11) is 0. The lowest BCUT2D eigenvalue weighted by Crippen LogP contribution is -2.43. The highest BCUT2D eigenvalue weighted by molar-refractivity contribution is 9.10. The number of hydrogen-bond acceptors (Lipinski definition) is 3. The minimum atomic E-state index is -4.67. The summed E-state index contributed by atoms with van der Waals surface area (Å²) in [6.45, 7) is 1.12. The van der Waals surface area contributed by atoms with Gasteiger partial charge >= 0.3 is 6.18 Å². The Hall–Kier alpha value is -1.41. The minimum Gasteiger partial charge on any atom is -0.369 e. The summed E-state index contributed by atoms with van der Waals surface area (Å²) >= 11 is 3.16. The number of carbonyl (C=O) groups excluding carboxylic acids is 1. The van der Waals surface area contributed by atoms with Crippen LogP contribution in [0.1, 0.15) is 23.7 Å². The van der Waals surface area contributed by atoms with Crippen LogP contribution in [0.3, 0.4) is 0 Å². The first-order chi connectivity index (χ1) is 9.11. The predicted octanol–water partition coefficient (Wildman–Crippen LogP) is 2.92. The largest absolute Gasteiger partial charge is 0.431 e. The Morgan fingerprint density at radius 2 is 2.15 bits per heavy atom. The first-order valence-electron chi connectivity index (χ1n) is 5.58. The van der Waals surface area contributed by atoms with Crippen molar-refractivity contribution < 1.29 is 23.1 Å². The topological polar surface area (TPSA) is 52.9 Å². The molecule has 8 heteroatoms. The fourth-order valence-corrected chi connectivity index (χ4v) is 2.22. The van der Waals surface area contributed by atoms with E-state index in [2.05, 4.69) is 21.0 Å². The molecule has 2 rings (SSSR count). The summed E-state index contributed by atoms with van der Waals surface area (Å²) in [6, 6.07) is 6.11. The lowest BCUT2D eigenvalue weighted by atomic mass is 10.1. The Balaban J connectivity index is 2.36. The van der Waals surface area contributed by atoms with Crippen molar-refractivity contribution in [3.8, 4) is 0 Å². The summed E-state index contributed by atoms with van der Waals surface area (Å²) in [6.07, 6.45) is -5.42. The number of carbonyl (C=O) groups is 1. The average Bonchev–Trinajstić information content (AvgIpc) is 2.64. The van der Waals surface area contributed by atoms with Crippen LogP contribution in [0.25, 0.3) is 0 Å². The molecule has 0 spiro atoms. The minimum absolute atomic E-state index is 0.131. The van der Waals surface area contributed by atoms with Crippen molar-refractivity contribution in [1.29, 1.82) is 0 Å². The van der Waals surface area contributed by atoms with Gasteiger partial charge in [0.1, 0.15) is 5.71 Å². The van der Waals surface area contributed by atoms with E-state index in [-0.39, 0.29) is 5.56 Å². The van der Waals surface area contributed by atoms with E-state index in [0.29, 0.717) is 9.48 Å². The van der Waals surface area contributed by atoms with E-state index in [4.69, 9.17) is 0 Å². The monoisotopic (exact) mass is 350 g/mol. The summed E-state index contributed by atoms with van der Waals surface area (Å²) in [4.78, 5) is 12.2. The molecule has 1 N–H and O–H groups in total. The highest BCUT2D eigenvalue weighted by Gasteiger charge is 2.49. The average molecular weight is 351 g/mol. The third kappa shape index (κ3) is 2.85. The molecule has 1 aromatic carbocycles. The van der Waals surface area contributed by atoms with Gasteiger partial charge in [-0.1, -0.05) is 22.0 Å². The van der Waals surface area contributed by atoms with E-state index in [9.17, 15) is 23.1 Å². The lowest BCUT2D eigenvalue weighted by Gasteiger charge is -2.26. The summed E-state index contributed by atoms with van der Waals surface area (Å²) in [5, 5.41) is 13.7. The smallest absolute Gasteiger partial charge is 0.369 e. The Bertz CT molecular complexity index is 584. The van der Waals surface area contributed by atoms with Gasteiger partial charge in [-0.3, -0.25) is 4.79 Å². The Morgan fingerprint density at radius 1 is 1.50 bits per heavy atom. The number of aliphatic hydroxyl groups is 1. The number of hydrazone groups is 1. The highest BCUT2D eigenvalue weighted by Crippen LogP contribution is 2.33. The number of halogens is 4. The van der Waals surface area contributed by atoms with Crippen LogP contribution in [0.15, 0.2) is 33.8 Å². The lowest BCUT2D eigenvalue weighted by molar-refractivity contribution is -0.0679. The maximum atomic E-state index is 12.6. The molecule has 4 nitrogen and oxygen atoms in total. The van der Waals surface area contributed by atoms with Gasteiger partial charge in [0.05, 0.1) is 0 Å². The van der Waals surface area contributed by atoms with Crippen molar-refractivity contribution in [1.82, 2.24) is 5.01 Å². The molecule has 0 radical (unpaired) electrons. The maximum absolute atomic E-state index is 12.6. The summed E-state index contributed by atoms with van der Waals surface area (Å²) in [5.74, 6) is -0.796. The molecule has 0 bridgehead atoms. The fraction of sp³-hybridized carbons (Fsp3) is 0.333. The predicted molar refractivity (Wildman–Crippen MR) is 69.0 cm³/mol. The van der Waals surface area contributed by atoms with Gasteiger partial charge in [-0.15, -0.1) is 0 Å². The molecule has 1 aromatic rings. The van der Waals surface area contributed by atoms with Crippen molar-refractivity contribution in [3.63, 3.8) is 0 Å². The molecule has 108 valence electrons. The van der Waals surface area contributed by atoms with Gasteiger partial charge in [0.2, 0.25) is 0 Å². The maximum Gasteiger partial charge on any atom is 0.431 e. The van der Waals surface area contributed by atoms with Gasteiger partial charge in [0.25, 0.3) is 5.91 Å².